The van der Waals surface area contributed by atoms with E-state index in [4.69, 9.17) is 0 Å². The fourth-order valence-electron chi connectivity index (χ4n) is 2.91. The molecule has 1 aliphatic heterocycles. The lowest BCUT2D eigenvalue weighted by Crippen LogP contribution is -2.30. The van der Waals surface area contributed by atoms with Crippen molar-refractivity contribution in [3.8, 4) is 0 Å². The molecule has 0 bridgehead atoms. The highest BCUT2D eigenvalue weighted by atomic mass is 32.1. The van der Waals surface area contributed by atoms with E-state index in [0.717, 1.165) is 35.5 Å². The van der Waals surface area contributed by atoms with Crippen LogP contribution in [0.3, 0.4) is 0 Å². The van der Waals surface area contributed by atoms with Crippen molar-refractivity contribution in [1.29, 1.82) is 0 Å². The second-order valence-corrected chi connectivity index (χ2v) is 6.57. The number of carbonyl (C=O) groups is 2. The Morgan fingerprint density at radius 2 is 2.30 bits per heavy atom. The summed E-state index contributed by atoms with van der Waals surface area (Å²) >= 11 is 1.48. The molecule has 6 heteroatoms. The Balaban J connectivity index is 1.78. The van der Waals surface area contributed by atoms with Crippen LogP contribution < -0.4 is 5.32 Å². The summed E-state index contributed by atoms with van der Waals surface area (Å²) in [5.74, 6) is 0.0234. The molecule has 1 fully saturated rings. The van der Waals surface area contributed by atoms with E-state index in [-0.39, 0.29) is 17.9 Å². The number of rotatable bonds is 4. The lowest BCUT2D eigenvalue weighted by Gasteiger charge is -2.25. The molecule has 120 valence electrons. The fraction of sp³-hybridized carbons (Fsp3) is 0.353. The number of carbonyl (C=O) groups excluding carboxylic acids is 2. The zero-order valence-electron chi connectivity index (χ0n) is 13.0. The first-order valence-electron chi connectivity index (χ1n) is 7.69. The molecule has 0 radical (unpaired) electrons. The summed E-state index contributed by atoms with van der Waals surface area (Å²) < 4.78 is 0. The highest BCUT2D eigenvalue weighted by molar-refractivity contribution is 7.12. The summed E-state index contributed by atoms with van der Waals surface area (Å²) in [6.07, 6.45) is 3.71. The predicted octanol–water partition coefficient (Wildman–Crippen LogP) is 2.76. The van der Waals surface area contributed by atoms with Crippen LogP contribution in [0.15, 0.2) is 35.8 Å². The van der Waals surface area contributed by atoms with Gasteiger partial charge in [-0.05, 0) is 42.0 Å². The molecule has 0 unspecified atom stereocenters. The Bertz CT molecular complexity index is 700. The Labute approximate surface area is 139 Å². The average molecular weight is 329 g/mol. The topological polar surface area (TPSA) is 62.3 Å². The number of pyridine rings is 1. The van der Waals surface area contributed by atoms with Gasteiger partial charge in [0.15, 0.2) is 0 Å². The van der Waals surface area contributed by atoms with Crippen molar-refractivity contribution in [1.82, 2.24) is 15.2 Å². The van der Waals surface area contributed by atoms with Crippen LogP contribution in [0.1, 0.15) is 46.7 Å². The molecule has 2 aromatic rings. The molecule has 2 amide bonds. The molecule has 0 saturated carbocycles. The molecule has 1 saturated heterocycles. The number of likely N-dealkylation sites (tertiary alicyclic amines) is 1. The standard InChI is InChI=1S/C17H19N3O2S/c1-12(21)19-11-14-10-13(6-7-18-14)15-4-2-8-20(15)17(22)16-5-3-9-23-16/h3,5-7,9-10,15H,2,4,8,11H2,1H3,(H,19,21)/t15-/m1/s1. The minimum absolute atomic E-state index is 0.0763. The molecule has 1 atom stereocenters. The van der Waals surface area contributed by atoms with Gasteiger partial charge in [0.2, 0.25) is 5.91 Å². The van der Waals surface area contributed by atoms with Crippen LogP contribution in [0.5, 0.6) is 0 Å². The maximum atomic E-state index is 12.7. The van der Waals surface area contributed by atoms with Crippen molar-refractivity contribution in [2.45, 2.75) is 32.4 Å². The van der Waals surface area contributed by atoms with Gasteiger partial charge >= 0.3 is 0 Å². The number of nitrogens with one attached hydrogen (secondary N) is 1. The van der Waals surface area contributed by atoms with Gasteiger partial charge in [-0.3, -0.25) is 14.6 Å². The largest absolute Gasteiger partial charge is 0.351 e. The monoisotopic (exact) mass is 329 g/mol. The van der Waals surface area contributed by atoms with Crippen molar-refractivity contribution in [3.63, 3.8) is 0 Å². The van der Waals surface area contributed by atoms with Gasteiger partial charge < -0.3 is 10.2 Å². The molecular formula is C17H19N3O2S. The number of thiophene rings is 1. The summed E-state index contributed by atoms with van der Waals surface area (Å²) in [5.41, 5.74) is 1.90. The number of aromatic nitrogens is 1. The van der Waals surface area contributed by atoms with Gasteiger partial charge in [0, 0.05) is 19.7 Å². The minimum Gasteiger partial charge on any atom is -0.351 e. The number of hydrogen-bond acceptors (Lipinski definition) is 4. The zero-order valence-corrected chi connectivity index (χ0v) is 13.8. The number of amides is 2. The molecule has 5 nitrogen and oxygen atoms in total. The number of nitrogens with zero attached hydrogens (tertiary/aromatic N) is 2. The lowest BCUT2D eigenvalue weighted by atomic mass is 10.0. The van der Waals surface area contributed by atoms with Gasteiger partial charge in [-0.15, -0.1) is 11.3 Å². The van der Waals surface area contributed by atoms with Crippen molar-refractivity contribution in [2.24, 2.45) is 0 Å². The Hall–Kier alpha value is -2.21. The quantitative estimate of drug-likeness (QED) is 0.938. The zero-order chi connectivity index (χ0) is 16.2. The second-order valence-electron chi connectivity index (χ2n) is 5.62. The highest BCUT2D eigenvalue weighted by Gasteiger charge is 2.31. The van der Waals surface area contributed by atoms with E-state index in [9.17, 15) is 9.59 Å². The van der Waals surface area contributed by atoms with E-state index >= 15 is 0 Å². The summed E-state index contributed by atoms with van der Waals surface area (Å²) in [7, 11) is 0. The first-order valence-corrected chi connectivity index (χ1v) is 8.57. The van der Waals surface area contributed by atoms with Crippen LogP contribution in [0, 0.1) is 0 Å². The highest BCUT2D eigenvalue weighted by Crippen LogP contribution is 2.33. The van der Waals surface area contributed by atoms with Crippen LogP contribution >= 0.6 is 11.3 Å². The van der Waals surface area contributed by atoms with Crippen LogP contribution in [0.2, 0.25) is 0 Å². The van der Waals surface area contributed by atoms with Crippen LogP contribution in [-0.4, -0.2) is 28.2 Å². The third-order valence-corrected chi connectivity index (χ3v) is 4.85. The molecule has 2 aromatic heterocycles. The minimum atomic E-state index is -0.0763. The molecule has 0 aliphatic carbocycles. The van der Waals surface area contributed by atoms with Gasteiger partial charge in [0.25, 0.3) is 5.91 Å². The lowest BCUT2D eigenvalue weighted by molar-refractivity contribution is -0.119. The first-order chi connectivity index (χ1) is 11.1. The Kier molecular flexibility index (Phi) is 4.71. The maximum absolute atomic E-state index is 12.7. The summed E-state index contributed by atoms with van der Waals surface area (Å²) in [6, 6.07) is 7.81. The first kappa shape index (κ1) is 15.7. The van der Waals surface area contributed by atoms with E-state index in [1.807, 2.05) is 34.5 Å². The molecular weight excluding hydrogens is 310 g/mol. The SMILES string of the molecule is CC(=O)NCc1cc([C@H]2CCCN2C(=O)c2cccs2)ccn1. The molecule has 23 heavy (non-hydrogen) atoms. The Morgan fingerprint density at radius 3 is 3.04 bits per heavy atom. The third kappa shape index (κ3) is 3.59. The van der Waals surface area contributed by atoms with Gasteiger partial charge in [-0.1, -0.05) is 6.07 Å². The van der Waals surface area contributed by atoms with Gasteiger partial charge in [0.05, 0.1) is 23.2 Å². The number of hydrogen-bond donors (Lipinski definition) is 1. The van der Waals surface area contributed by atoms with Gasteiger partial charge in [-0.25, -0.2) is 0 Å². The predicted molar refractivity (Wildman–Crippen MR) is 89.1 cm³/mol. The Morgan fingerprint density at radius 1 is 1.43 bits per heavy atom. The third-order valence-electron chi connectivity index (χ3n) is 3.99. The van der Waals surface area contributed by atoms with Crippen LogP contribution in [0.4, 0.5) is 0 Å². The van der Waals surface area contributed by atoms with E-state index in [2.05, 4.69) is 10.3 Å². The second kappa shape index (κ2) is 6.91. The van der Waals surface area contributed by atoms with E-state index in [0.29, 0.717) is 6.54 Å². The molecule has 3 rings (SSSR count). The molecule has 3 heterocycles. The smallest absolute Gasteiger partial charge is 0.264 e. The average Bonchev–Trinajstić information content (AvgIpc) is 3.23. The van der Waals surface area contributed by atoms with Crippen LogP contribution in [0.25, 0.3) is 0 Å². The van der Waals surface area contributed by atoms with E-state index in [1.165, 1.54) is 18.3 Å². The molecule has 1 N–H and O–H groups in total. The van der Waals surface area contributed by atoms with Crippen molar-refractivity contribution < 1.29 is 9.59 Å². The van der Waals surface area contributed by atoms with Crippen molar-refractivity contribution in [3.05, 3.63) is 52.0 Å². The van der Waals surface area contributed by atoms with E-state index in [1.54, 1.807) is 6.20 Å². The molecule has 0 spiro atoms. The van der Waals surface area contributed by atoms with Crippen LogP contribution in [-0.2, 0) is 11.3 Å². The fourth-order valence-corrected chi connectivity index (χ4v) is 3.59. The maximum Gasteiger partial charge on any atom is 0.264 e. The molecule has 0 aromatic carbocycles. The normalized spacial score (nSPS) is 17.3. The van der Waals surface area contributed by atoms with Crippen molar-refractivity contribution >= 4 is 23.2 Å². The summed E-state index contributed by atoms with van der Waals surface area (Å²) in [4.78, 5) is 30.7. The summed E-state index contributed by atoms with van der Waals surface area (Å²) in [6.45, 7) is 2.68. The van der Waals surface area contributed by atoms with Gasteiger partial charge in [-0.2, -0.15) is 0 Å². The van der Waals surface area contributed by atoms with Crippen molar-refractivity contribution in [2.75, 3.05) is 6.54 Å². The van der Waals surface area contributed by atoms with E-state index < -0.39 is 0 Å². The van der Waals surface area contributed by atoms with Gasteiger partial charge in [0.1, 0.15) is 0 Å². The summed E-state index contributed by atoms with van der Waals surface area (Å²) in [5, 5.41) is 4.68. The molecule has 1 aliphatic rings.